The largest absolute Gasteiger partial charge is 0.341 e. The maximum absolute atomic E-state index is 12.0. The maximum atomic E-state index is 12.0. The van der Waals surface area contributed by atoms with Gasteiger partial charge in [0, 0.05) is 35.4 Å². The molecule has 15 heavy (non-hydrogen) atoms. The topological polar surface area (TPSA) is 37.4 Å². The fourth-order valence-corrected chi connectivity index (χ4v) is 2.89. The Morgan fingerprint density at radius 2 is 2.00 bits per heavy atom. The zero-order valence-corrected chi connectivity index (χ0v) is 11.6. The van der Waals surface area contributed by atoms with Gasteiger partial charge in [-0.3, -0.25) is 9.00 Å². The summed E-state index contributed by atoms with van der Waals surface area (Å²) in [4.78, 5) is 13.7. The molecule has 0 aliphatic carbocycles. The third-order valence-electron chi connectivity index (χ3n) is 2.52. The molecule has 3 nitrogen and oxygen atoms in total. The van der Waals surface area contributed by atoms with Crippen molar-refractivity contribution in [1.82, 2.24) is 4.90 Å². The molecule has 1 fully saturated rings. The minimum atomic E-state index is -0.728. The zero-order chi connectivity index (χ0) is 11.4. The second kappa shape index (κ2) is 5.99. The Bertz CT molecular complexity index is 258. The number of nitrogens with zero attached hydrogens (tertiary/aromatic N) is 1. The lowest BCUT2D eigenvalue weighted by Gasteiger charge is -2.24. The van der Waals surface area contributed by atoms with Gasteiger partial charge < -0.3 is 4.90 Å². The number of carbonyl (C=O) groups excluding carboxylic acids is 1. The van der Waals surface area contributed by atoms with Gasteiger partial charge in [-0.2, -0.15) is 0 Å². The van der Waals surface area contributed by atoms with E-state index in [4.69, 9.17) is 0 Å². The molecule has 1 aliphatic heterocycles. The molecule has 0 spiro atoms. The van der Waals surface area contributed by atoms with Crippen LogP contribution >= 0.6 is 15.9 Å². The van der Waals surface area contributed by atoms with E-state index in [0.29, 0.717) is 18.2 Å². The van der Waals surface area contributed by atoms with E-state index in [0.717, 1.165) is 18.7 Å². The molecule has 0 aromatic rings. The smallest absolute Gasteiger partial charge is 0.236 e. The van der Waals surface area contributed by atoms with Gasteiger partial charge in [-0.1, -0.05) is 29.8 Å². The Balaban J connectivity index is 2.55. The van der Waals surface area contributed by atoms with Crippen LogP contribution in [-0.2, 0) is 15.6 Å². The van der Waals surface area contributed by atoms with Gasteiger partial charge in [-0.15, -0.1) is 0 Å². The molecule has 2 atom stereocenters. The van der Waals surface area contributed by atoms with E-state index in [2.05, 4.69) is 15.9 Å². The lowest BCUT2D eigenvalue weighted by atomic mass is 10.1. The highest BCUT2D eigenvalue weighted by Gasteiger charge is 2.25. The van der Waals surface area contributed by atoms with Crippen LogP contribution in [-0.4, -0.2) is 44.4 Å². The van der Waals surface area contributed by atoms with Gasteiger partial charge in [0.15, 0.2) is 0 Å². The average molecular weight is 296 g/mol. The molecule has 1 aliphatic rings. The van der Waals surface area contributed by atoms with Crippen LogP contribution in [0.15, 0.2) is 0 Å². The van der Waals surface area contributed by atoms with E-state index in [1.807, 2.05) is 18.7 Å². The Morgan fingerprint density at radius 3 is 2.60 bits per heavy atom. The first kappa shape index (κ1) is 13.2. The Labute approximate surface area is 102 Å². The first-order valence-corrected chi connectivity index (χ1v) is 7.70. The molecule has 0 aromatic carbocycles. The van der Waals surface area contributed by atoms with Crippen LogP contribution in [0.2, 0.25) is 0 Å². The van der Waals surface area contributed by atoms with Crippen molar-refractivity contribution in [3.05, 3.63) is 0 Å². The van der Waals surface area contributed by atoms with E-state index in [9.17, 15) is 9.00 Å². The minimum absolute atomic E-state index is 0.107. The zero-order valence-electron chi connectivity index (χ0n) is 9.24. The molecule has 1 amide bonds. The lowest BCUT2D eigenvalue weighted by molar-refractivity contribution is -0.130. The Hall–Kier alpha value is 0.1000. The van der Waals surface area contributed by atoms with Gasteiger partial charge >= 0.3 is 0 Å². The first-order valence-electron chi connectivity index (χ1n) is 5.30. The van der Waals surface area contributed by atoms with Crippen LogP contribution in [0.1, 0.15) is 20.3 Å². The second-order valence-electron chi connectivity index (χ2n) is 4.17. The highest BCUT2D eigenvalue weighted by molar-refractivity contribution is 9.10. The molecule has 0 aromatic heterocycles. The van der Waals surface area contributed by atoms with Gasteiger partial charge in [0.25, 0.3) is 0 Å². The van der Waals surface area contributed by atoms with Gasteiger partial charge in [-0.25, -0.2) is 0 Å². The summed E-state index contributed by atoms with van der Waals surface area (Å²) >= 11 is 3.42. The molecule has 0 saturated carbocycles. The average Bonchev–Trinajstić information content (AvgIpc) is 2.40. The third kappa shape index (κ3) is 3.87. The van der Waals surface area contributed by atoms with Gasteiger partial charge in [0.1, 0.15) is 0 Å². The summed E-state index contributed by atoms with van der Waals surface area (Å²) < 4.78 is 11.3. The normalized spacial score (nSPS) is 25.1. The molecular weight excluding hydrogens is 278 g/mol. The number of hydrogen-bond donors (Lipinski definition) is 0. The third-order valence-corrected chi connectivity index (χ3v) is 5.35. The number of halogens is 1. The van der Waals surface area contributed by atoms with Crippen molar-refractivity contribution in [2.24, 2.45) is 5.92 Å². The van der Waals surface area contributed by atoms with E-state index >= 15 is 0 Å². The highest BCUT2D eigenvalue weighted by atomic mass is 79.9. The molecule has 0 bridgehead atoms. The first-order chi connectivity index (χ1) is 7.02. The quantitative estimate of drug-likeness (QED) is 0.722. The molecule has 1 rings (SSSR count). The summed E-state index contributed by atoms with van der Waals surface area (Å²) in [7, 11) is -0.728. The molecule has 2 unspecified atom stereocenters. The van der Waals surface area contributed by atoms with Gasteiger partial charge in [-0.05, 0) is 12.3 Å². The number of rotatable bonds is 2. The standard InChI is InChI=1S/C10H18BrNO2S/c1-8(2)9(11)10(13)12-4-3-6-15(14)7-5-12/h8-9H,3-7H2,1-2H3. The number of alkyl halides is 1. The van der Waals surface area contributed by atoms with Crippen molar-refractivity contribution in [3.8, 4) is 0 Å². The molecule has 5 heteroatoms. The Kier molecular flexibility index (Phi) is 5.26. The van der Waals surface area contributed by atoms with Crippen LogP contribution < -0.4 is 0 Å². The summed E-state index contributed by atoms with van der Waals surface area (Å²) in [6.45, 7) is 5.43. The van der Waals surface area contributed by atoms with Crippen LogP contribution in [0.5, 0.6) is 0 Å². The van der Waals surface area contributed by atoms with Crippen molar-refractivity contribution >= 4 is 32.6 Å². The predicted molar refractivity (Wildman–Crippen MR) is 66.6 cm³/mol. The second-order valence-corrected chi connectivity index (χ2v) is 6.86. The summed E-state index contributed by atoms with van der Waals surface area (Å²) in [5, 5.41) is 0. The van der Waals surface area contributed by atoms with Crippen LogP contribution in [0.3, 0.4) is 0 Å². The summed E-state index contributed by atoms with van der Waals surface area (Å²) in [6, 6.07) is 0. The van der Waals surface area contributed by atoms with Crippen LogP contribution in [0.25, 0.3) is 0 Å². The lowest BCUT2D eigenvalue weighted by Crippen LogP contribution is -2.40. The summed E-state index contributed by atoms with van der Waals surface area (Å²) in [6.07, 6.45) is 0.857. The van der Waals surface area contributed by atoms with Crippen LogP contribution in [0.4, 0.5) is 0 Å². The minimum Gasteiger partial charge on any atom is -0.341 e. The summed E-state index contributed by atoms with van der Waals surface area (Å²) in [5.74, 6) is 1.80. The van der Waals surface area contributed by atoms with Crippen molar-refractivity contribution in [2.75, 3.05) is 24.6 Å². The fraction of sp³-hybridized carbons (Fsp3) is 0.900. The van der Waals surface area contributed by atoms with Crippen molar-refractivity contribution in [1.29, 1.82) is 0 Å². The molecule has 0 radical (unpaired) electrons. The maximum Gasteiger partial charge on any atom is 0.236 e. The van der Waals surface area contributed by atoms with Gasteiger partial charge in [0.2, 0.25) is 5.91 Å². The van der Waals surface area contributed by atoms with E-state index in [1.54, 1.807) is 0 Å². The SMILES string of the molecule is CC(C)C(Br)C(=O)N1CCCS(=O)CC1. The molecule has 1 heterocycles. The molecule has 88 valence electrons. The van der Waals surface area contributed by atoms with Crippen molar-refractivity contribution < 1.29 is 9.00 Å². The summed E-state index contributed by atoms with van der Waals surface area (Å²) in [5.41, 5.74) is 0. The highest BCUT2D eigenvalue weighted by Crippen LogP contribution is 2.16. The fourth-order valence-electron chi connectivity index (χ4n) is 1.52. The monoisotopic (exact) mass is 295 g/mol. The number of amides is 1. The van der Waals surface area contributed by atoms with Gasteiger partial charge in [0.05, 0.1) is 4.83 Å². The van der Waals surface area contributed by atoms with E-state index in [-0.39, 0.29) is 10.7 Å². The predicted octanol–water partition coefficient (Wildman–Crippen LogP) is 1.39. The van der Waals surface area contributed by atoms with E-state index in [1.165, 1.54) is 0 Å². The molecular formula is C10H18BrNO2S. The molecule has 0 N–H and O–H groups in total. The Morgan fingerprint density at radius 1 is 1.33 bits per heavy atom. The van der Waals surface area contributed by atoms with Crippen LogP contribution in [0, 0.1) is 5.92 Å². The molecule has 1 saturated heterocycles. The number of carbonyl (C=O) groups is 1. The van der Waals surface area contributed by atoms with E-state index < -0.39 is 10.8 Å². The van der Waals surface area contributed by atoms with Crippen molar-refractivity contribution in [2.45, 2.75) is 25.1 Å². The number of hydrogen-bond acceptors (Lipinski definition) is 2. The van der Waals surface area contributed by atoms with Crippen molar-refractivity contribution in [3.63, 3.8) is 0 Å².